The maximum Gasteiger partial charge on any atom is 0.316 e. The van der Waals surface area contributed by atoms with E-state index in [9.17, 15) is 9.59 Å². The van der Waals surface area contributed by atoms with Gasteiger partial charge in [0.05, 0.1) is 0 Å². The number of carbonyl (C=O) groups excluding carboxylic acids is 2. The number of oxazole rings is 1. The number of thioether (sulfide) groups is 1. The third kappa shape index (κ3) is 4.39. The van der Waals surface area contributed by atoms with Crippen LogP contribution in [0.3, 0.4) is 0 Å². The maximum absolute atomic E-state index is 12.1. The summed E-state index contributed by atoms with van der Waals surface area (Å²) in [6.45, 7) is -0.307. The molecule has 0 aliphatic rings. The van der Waals surface area contributed by atoms with Gasteiger partial charge in [0.15, 0.2) is 12.2 Å². The van der Waals surface area contributed by atoms with Crippen LogP contribution in [0.2, 0.25) is 0 Å². The summed E-state index contributed by atoms with van der Waals surface area (Å²) >= 11 is 1.13. The van der Waals surface area contributed by atoms with Gasteiger partial charge in [0, 0.05) is 12.7 Å². The van der Waals surface area contributed by atoms with Gasteiger partial charge in [-0.2, -0.15) is 0 Å². The highest BCUT2D eigenvalue weighted by Crippen LogP contribution is 2.23. The van der Waals surface area contributed by atoms with Crippen LogP contribution in [0.1, 0.15) is 0 Å². The molecule has 6 nitrogen and oxygen atoms in total. The van der Waals surface area contributed by atoms with Gasteiger partial charge in [0.1, 0.15) is 11.3 Å². The monoisotopic (exact) mass is 356 g/mol. The molecular weight excluding hydrogens is 340 g/mol. The van der Waals surface area contributed by atoms with E-state index in [0.717, 1.165) is 23.0 Å². The summed E-state index contributed by atoms with van der Waals surface area (Å²) in [5, 5.41) is 0.394. The van der Waals surface area contributed by atoms with Gasteiger partial charge < -0.3 is 14.1 Å². The molecule has 1 heterocycles. The Bertz CT molecular complexity index is 846. The molecule has 3 aromatic rings. The molecule has 0 aliphatic carbocycles. The van der Waals surface area contributed by atoms with Gasteiger partial charge in [-0.25, -0.2) is 4.98 Å². The van der Waals surface area contributed by atoms with Gasteiger partial charge in [-0.05, 0) is 24.3 Å². The first kappa shape index (κ1) is 17.0. The lowest BCUT2D eigenvalue weighted by molar-refractivity contribution is -0.145. The summed E-state index contributed by atoms with van der Waals surface area (Å²) in [5.74, 6) is -0.775. The molecule has 3 rings (SSSR count). The van der Waals surface area contributed by atoms with Crippen molar-refractivity contribution in [3.8, 4) is 0 Å². The maximum atomic E-state index is 12.1. The Balaban J connectivity index is 1.47. The van der Waals surface area contributed by atoms with E-state index in [2.05, 4.69) is 4.98 Å². The zero-order valence-electron chi connectivity index (χ0n) is 13.5. The molecule has 0 saturated carbocycles. The predicted molar refractivity (Wildman–Crippen MR) is 95.5 cm³/mol. The first-order valence-electron chi connectivity index (χ1n) is 7.59. The minimum absolute atomic E-state index is 0.0230. The number of esters is 1. The average molecular weight is 356 g/mol. The zero-order valence-corrected chi connectivity index (χ0v) is 14.4. The van der Waals surface area contributed by atoms with Gasteiger partial charge >= 0.3 is 5.97 Å². The Kier molecular flexibility index (Phi) is 5.35. The quantitative estimate of drug-likeness (QED) is 0.499. The van der Waals surface area contributed by atoms with Gasteiger partial charge in [0.25, 0.3) is 11.1 Å². The standard InChI is InChI=1S/C18H16N2O4S/c1-20(13-7-3-2-4-8-13)16(21)11-23-17(22)12-25-18-19-14-9-5-6-10-15(14)24-18/h2-10H,11-12H2,1H3. The Morgan fingerprint density at radius 2 is 1.84 bits per heavy atom. The number of para-hydroxylation sites is 3. The number of hydrogen-bond donors (Lipinski definition) is 0. The van der Waals surface area contributed by atoms with Crippen LogP contribution >= 0.6 is 11.8 Å². The Morgan fingerprint density at radius 1 is 1.12 bits per heavy atom. The largest absolute Gasteiger partial charge is 0.455 e. The summed E-state index contributed by atoms with van der Waals surface area (Å²) in [5.41, 5.74) is 2.14. The summed E-state index contributed by atoms with van der Waals surface area (Å²) in [6.07, 6.45) is 0. The fourth-order valence-electron chi connectivity index (χ4n) is 2.11. The number of anilines is 1. The third-order valence-corrected chi connectivity index (χ3v) is 4.26. The number of benzene rings is 2. The molecule has 0 bridgehead atoms. The minimum atomic E-state index is -0.498. The lowest BCUT2D eigenvalue weighted by atomic mass is 10.3. The first-order chi connectivity index (χ1) is 12.1. The van der Waals surface area contributed by atoms with E-state index in [0.29, 0.717) is 10.8 Å². The lowest BCUT2D eigenvalue weighted by Gasteiger charge is -2.16. The van der Waals surface area contributed by atoms with Crippen LogP contribution in [0.15, 0.2) is 64.2 Å². The highest BCUT2D eigenvalue weighted by molar-refractivity contribution is 7.99. The third-order valence-electron chi connectivity index (χ3n) is 3.46. The molecule has 1 aromatic heterocycles. The number of ether oxygens (including phenoxy) is 1. The Labute approximate surface area is 148 Å². The zero-order chi connectivity index (χ0) is 17.6. The summed E-state index contributed by atoms with van der Waals surface area (Å²) in [7, 11) is 1.64. The molecule has 0 aliphatic heterocycles. The highest BCUT2D eigenvalue weighted by atomic mass is 32.2. The Hall–Kier alpha value is -2.80. The molecule has 25 heavy (non-hydrogen) atoms. The van der Waals surface area contributed by atoms with E-state index >= 15 is 0 Å². The van der Waals surface area contributed by atoms with Crippen LogP contribution in [0.4, 0.5) is 5.69 Å². The van der Waals surface area contributed by atoms with E-state index in [4.69, 9.17) is 9.15 Å². The summed E-state index contributed by atoms with van der Waals surface area (Å²) in [6, 6.07) is 16.5. The minimum Gasteiger partial charge on any atom is -0.455 e. The van der Waals surface area contributed by atoms with Crippen molar-refractivity contribution >= 4 is 40.4 Å². The number of hydrogen-bond acceptors (Lipinski definition) is 6. The van der Waals surface area contributed by atoms with Crippen LogP contribution in [-0.2, 0) is 14.3 Å². The molecule has 0 unspecified atom stereocenters. The second-order valence-electron chi connectivity index (χ2n) is 5.19. The molecule has 0 spiro atoms. The second-order valence-corrected chi connectivity index (χ2v) is 6.11. The molecule has 128 valence electrons. The molecule has 0 fully saturated rings. The van der Waals surface area contributed by atoms with Crippen LogP contribution in [-0.4, -0.2) is 36.3 Å². The number of amides is 1. The topological polar surface area (TPSA) is 72.6 Å². The van der Waals surface area contributed by atoms with Crippen molar-refractivity contribution in [1.82, 2.24) is 4.98 Å². The number of nitrogens with zero attached hydrogens (tertiary/aromatic N) is 2. The van der Waals surface area contributed by atoms with Crippen LogP contribution < -0.4 is 4.90 Å². The van der Waals surface area contributed by atoms with E-state index in [1.807, 2.05) is 54.6 Å². The first-order valence-corrected chi connectivity index (χ1v) is 8.57. The van der Waals surface area contributed by atoms with Crippen molar-refractivity contribution in [1.29, 1.82) is 0 Å². The van der Waals surface area contributed by atoms with Gasteiger partial charge in [-0.1, -0.05) is 42.1 Å². The normalized spacial score (nSPS) is 10.6. The molecule has 0 atom stereocenters. The van der Waals surface area contributed by atoms with Crippen molar-refractivity contribution < 1.29 is 18.7 Å². The van der Waals surface area contributed by atoms with Crippen molar-refractivity contribution in [2.45, 2.75) is 5.22 Å². The Morgan fingerprint density at radius 3 is 2.60 bits per heavy atom. The molecule has 0 saturated heterocycles. The van der Waals surface area contributed by atoms with Crippen molar-refractivity contribution in [3.63, 3.8) is 0 Å². The number of aromatic nitrogens is 1. The SMILES string of the molecule is CN(C(=O)COC(=O)CSc1nc2ccccc2o1)c1ccccc1. The van der Waals surface area contributed by atoms with E-state index in [-0.39, 0.29) is 18.3 Å². The molecule has 0 N–H and O–H groups in total. The van der Waals surface area contributed by atoms with Crippen LogP contribution in [0.25, 0.3) is 11.1 Å². The average Bonchev–Trinajstić information content (AvgIpc) is 3.07. The van der Waals surface area contributed by atoms with Crippen molar-refractivity contribution in [2.75, 3.05) is 24.3 Å². The number of likely N-dealkylation sites (N-methyl/N-ethyl adjacent to an activating group) is 1. The number of fused-ring (bicyclic) bond motifs is 1. The number of carbonyl (C=O) groups is 2. The molecule has 2 aromatic carbocycles. The van der Waals surface area contributed by atoms with Crippen LogP contribution in [0, 0.1) is 0 Å². The van der Waals surface area contributed by atoms with Crippen molar-refractivity contribution in [2.24, 2.45) is 0 Å². The fraction of sp³-hybridized carbons (Fsp3) is 0.167. The molecular formula is C18H16N2O4S. The molecule has 7 heteroatoms. The number of rotatable bonds is 6. The van der Waals surface area contributed by atoms with Crippen molar-refractivity contribution in [3.05, 3.63) is 54.6 Å². The predicted octanol–water partition coefficient (Wildman–Crippen LogP) is 3.13. The lowest BCUT2D eigenvalue weighted by Crippen LogP contribution is -2.31. The summed E-state index contributed by atoms with van der Waals surface area (Å²) in [4.78, 5) is 29.6. The van der Waals surface area contributed by atoms with E-state index in [1.165, 1.54) is 4.90 Å². The molecule has 1 amide bonds. The highest BCUT2D eigenvalue weighted by Gasteiger charge is 2.15. The van der Waals surface area contributed by atoms with Gasteiger partial charge in [-0.3, -0.25) is 9.59 Å². The van der Waals surface area contributed by atoms with E-state index < -0.39 is 5.97 Å². The fourth-order valence-corrected chi connectivity index (χ4v) is 2.75. The smallest absolute Gasteiger partial charge is 0.316 e. The molecule has 0 radical (unpaired) electrons. The van der Waals surface area contributed by atoms with Crippen LogP contribution in [0.5, 0.6) is 0 Å². The van der Waals surface area contributed by atoms with Gasteiger partial charge in [0.2, 0.25) is 0 Å². The second kappa shape index (κ2) is 7.85. The van der Waals surface area contributed by atoms with E-state index in [1.54, 1.807) is 7.05 Å². The summed E-state index contributed by atoms with van der Waals surface area (Å²) < 4.78 is 10.5. The van der Waals surface area contributed by atoms with Gasteiger partial charge in [-0.15, -0.1) is 0 Å².